The lowest BCUT2D eigenvalue weighted by Gasteiger charge is -2.22. The molecule has 1 aliphatic carbocycles. The molecule has 98 valence electrons. The van der Waals surface area contributed by atoms with Gasteiger partial charge in [-0.25, -0.2) is 0 Å². The summed E-state index contributed by atoms with van der Waals surface area (Å²) in [5.74, 6) is 0. The standard InChI is InChI=1S/C14H27N3/c1-16-8-2-3-12(6-9-16)15-13-7-10-17(11-13)14-4-5-14/h12-15H,2-11H2,1H3. The van der Waals surface area contributed by atoms with Crippen molar-refractivity contribution in [1.82, 2.24) is 15.1 Å². The molecule has 1 saturated carbocycles. The van der Waals surface area contributed by atoms with Gasteiger partial charge < -0.3 is 10.2 Å². The Hall–Kier alpha value is -0.120. The van der Waals surface area contributed by atoms with Crippen molar-refractivity contribution in [2.24, 2.45) is 0 Å². The quantitative estimate of drug-likeness (QED) is 0.798. The molecule has 0 bridgehead atoms. The van der Waals surface area contributed by atoms with E-state index in [4.69, 9.17) is 0 Å². The summed E-state index contributed by atoms with van der Waals surface area (Å²) in [5, 5.41) is 3.92. The SMILES string of the molecule is CN1CCCC(NC2CCN(C3CC3)C2)CC1. The summed E-state index contributed by atoms with van der Waals surface area (Å²) >= 11 is 0. The average molecular weight is 237 g/mol. The number of nitrogens with one attached hydrogen (secondary N) is 1. The van der Waals surface area contributed by atoms with Gasteiger partial charge in [-0.05, 0) is 58.7 Å². The molecule has 3 fully saturated rings. The fourth-order valence-electron chi connectivity index (χ4n) is 3.43. The summed E-state index contributed by atoms with van der Waals surface area (Å²) in [6.07, 6.45) is 8.39. The summed E-state index contributed by atoms with van der Waals surface area (Å²) in [5.41, 5.74) is 0. The van der Waals surface area contributed by atoms with Crippen LogP contribution in [0.4, 0.5) is 0 Å². The van der Waals surface area contributed by atoms with Crippen LogP contribution in [0.2, 0.25) is 0 Å². The molecule has 17 heavy (non-hydrogen) atoms. The Labute approximate surface area is 106 Å². The van der Waals surface area contributed by atoms with E-state index < -0.39 is 0 Å². The third-order valence-corrected chi connectivity index (χ3v) is 4.71. The van der Waals surface area contributed by atoms with Gasteiger partial charge in [0.2, 0.25) is 0 Å². The molecule has 3 heteroatoms. The minimum atomic E-state index is 0.781. The van der Waals surface area contributed by atoms with Crippen LogP contribution in [-0.4, -0.2) is 61.2 Å². The summed E-state index contributed by atoms with van der Waals surface area (Å²) in [4.78, 5) is 5.19. The van der Waals surface area contributed by atoms with Crippen molar-refractivity contribution < 1.29 is 0 Å². The molecule has 0 aromatic heterocycles. The molecule has 3 rings (SSSR count). The Morgan fingerprint density at radius 2 is 1.71 bits per heavy atom. The smallest absolute Gasteiger partial charge is 0.0209 e. The number of hydrogen-bond donors (Lipinski definition) is 1. The number of likely N-dealkylation sites (tertiary alicyclic amines) is 2. The molecule has 0 radical (unpaired) electrons. The van der Waals surface area contributed by atoms with Crippen LogP contribution in [0.3, 0.4) is 0 Å². The molecule has 0 amide bonds. The van der Waals surface area contributed by atoms with Crippen LogP contribution in [0, 0.1) is 0 Å². The second-order valence-electron chi connectivity index (χ2n) is 6.31. The van der Waals surface area contributed by atoms with Gasteiger partial charge in [0.25, 0.3) is 0 Å². The third kappa shape index (κ3) is 3.21. The van der Waals surface area contributed by atoms with Crippen LogP contribution in [-0.2, 0) is 0 Å². The molecule has 1 N–H and O–H groups in total. The maximum Gasteiger partial charge on any atom is 0.0209 e. The van der Waals surface area contributed by atoms with E-state index in [-0.39, 0.29) is 0 Å². The highest BCUT2D eigenvalue weighted by Crippen LogP contribution is 2.30. The second-order valence-corrected chi connectivity index (χ2v) is 6.31. The van der Waals surface area contributed by atoms with Crippen LogP contribution >= 0.6 is 0 Å². The van der Waals surface area contributed by atoms with E-state index in [1.54, 1.807) is 0 Å². The van der Waals surface area contributed by atoms with E-state index in [0.29, 0.717) is 0 Å². The highest BCUT2D eigenvalue weighted by Gasteiger charge is 2.34. The van der Waals surface area contributed by atoms with Crippen LogP contribution in [0.1, 0.15) is 38.5 Å². The molecule has 2 saturated heterocycles. The van der Waals surface area contributed by atoms with E-state index >= 15 is 0 Å². The van der Waals surface area contributed by atoms with E-state index in [9.17, 15) is 0 Å². The van der Waals surface area contributed by atoms with Gasteiger partial charge in [0, 0.05) is 31.2 Å². The Morgan fingerprint density at radius 1 is 0.882 bits per heavy atom. The average Bonchev–Trinajstić information content (AvgIpc) is 3.09. The molecule has 2 aliphatic heterocycles. The van der Waals surface area contributed by atoms with E-state index in [0.717, 1.165) is 18.1 Å². The normalized spacial score (nSPS) is 37.2. The summed E-state index contributed by atoms with van der Waals surface area (Å²) in [7, 11) is 2.26. The van der Waals surface area contributed by atoms with Gasteiger partial charge in [0.05, 0.1) is 0 Å². The maximum absolute atomic E-state index is 3.92. The Kier molecular flexibility index (Phi) is 3.69. The predicted molar refractivity (Wildman–Crippen MR) is 71.3 cm³/mol. The van der Waals surface area contributed by atoms with Crippen molar-refractivity contribution in [3.05, 3.63) is 0 Å². The lowest BCUT2D eigenvalue weighted by Crippen LogP contribution is -2.40. The molecule has 0 aromatic carbocycles. The molecule has 2 heterocycles. The highest BCUT2D eigenvalue weighted by atomic mass is 15.2. The molecule has 0 aromatic rings. The molecular weight excluding hydrogens is 210 g/mol. The van der Waals surface area contributed by atoms with Crippen molar-refractivity contribution in [3.63, 3.8) is 0 Å². The zero-order valence-corrected chi connectivity index (χ0v) is 11.2. The van der Waals surface area contributed by atoms with Gasteiger partial charge in [-0.15, -0.1) is 0 Å². The fraction of sp³-hybridized carbons (Fsp3) is 1.00. The van der Waals surface area contributed by atoms with Gasteiger partial charge in [-0.2, -0.15) is 0 Å². The molecule has 2 atom stereocenters. The summed E-state index contributed by atoms with van der Waals surface area (Å²) < 4.78 is 0. The third-order valence-electron chi connectivity index (χ3n) is 4.71. The molecule has 2 unspecified atom stereocenters. The summed E-state index contributed by atoms with van der Waals surface area (Å²) in [6.45, 7) is 5.22. The Morgan fingerprint density at radius 3 is 2.53 bits per heavy atom. The van der Waals surface area contributed by atoms with Gasteiger partial charge in [0.15, 0.2) is 0 Å². The fourth-order valence-corrected chi connectivity index (χ4v) is 3.43. The zero-order chi connectivity index (χ0) is 11.7. The molecule has 3 aliphatic rings. The highest BCUT2D eigenvalue weighted by molar-refractivity contribution is 4.93. The number of nitrogens with zero attached hydrogens (tertiary/aromatic N) is 2. The topological polar surface area (TPSA) is 18.5 Å². The monoisotopic (exact) mass is 237 g/mol. The van der Waals surface area contributed by atoms with Crippen LogP contribution in [0.5, 0.6) is 0 Å². The first-order chi connectivity index (χ1) is 8.31. The van der Waals surface area contributed by atoms with Crippen LogP contribution in [0.15, 0.2) is 0 Å². The number of rotatable bonds is 3. The molecular formula is C14H27N3. The van der Waals surface area contributed by atoms with Crippen LogP contribution in [0.25, 0.3) is 0 Å². The second kappa shape index (κ2) is 5.25. The minimum Gasteiger partial charge on any atom is -0.310 e. The first-order valence-electron chi connectivity index (χ1n) is 7.50. The first-order valence-corrected chi connectivity index (χ1v) is 7.50. The Balaban J connectivity index is 1.43. The van der Waals surface area contributed by atoms with Crippen molar-refractivity contribution in [2.45, 2.75) is 56.7 Å². The van der Waals surface area contributed by atoms with Gasteiger partial charge >= 0.3 is 0 Å². The van der Waals surface area contributed by atoms with Crippen molar-refractivity contribution in [1.29, 1.82) is 0 Å². The Bertz CT molecular complexity index is 252. The van der Waals surface area contributed by atoms with Gasteiger partial charge in [0.1, 0.15) is 0 Å². The minimum absolute atomic E-state index is 0.781. The summed E-state index contributed by atoms with van der Waals surface area (Å²) in [6, 6.07) is 2.52. The molecule has 3 nitrogen and oxygen atoms in total. The number of hydrogen-bond acceptors (Lipinski definition) is 3. The van der Waals surface area contributed by atoms with Crippen molar-refractivity contribution in [3.8, 4) is 0 Å². The van der Waals surface area contributed by atoms with E-state index in [1.807, 2.05) is 0 Å². The van der Waals surface area contributed by atoms with Crippen molar-refractivity contribution in [2.75, 3.05) is 33.2 Å². The lowest BCUT2D eigenvalue weighted by molar-refractivity contribution is 0.306. The molecule has 0 spiro atoms. The van der Waals surface area contributed by atoms with E-state index in [2.05, 4.69) is 22.2 Å². The predicted octanol–water partition coefficient (Wildman–Crippen LogP) is 1.30. The maximum atomic E-state index is 3.92. The first kappa shape index (κ1) is 11.9. The van der Waals surface area contributed by atoms with Crippen molar-refractivity contribution >= 4 is 0 Å². The lowest BCUT2D eigenvalue weighted by atomic mass is 10.1. The zero-order valence-electron chi connectivity index (χ0n) is 11.2. The largest absolute Gasteiger partial charge is 0.310 e. The van der Waals surface area contributed by atoms with Gasteiger partial charge in [-0.3, -0.25) is 4.90 Å². The van der Waals surface area contributed by atoms with Gasteiger partial charge in [-0.1, -0.05) is 0 Å². The van der Waals surface area contributed by atoms with E-state index in [1.165, 1.54) is 64.7 Å². The van der Waals surface area contributed by atoms with Crippen LogP contribution < -0.4 is 5.32 Å².